The van der Waals surface area contributed by atoms with Crippen molar-refractivity contribution < 1.29 is 13.9 Å². The summed E-state index contributed by atoms with van der Waals surface area (Å²) in [5, 5.41) is 13.6. The highest BCUT2D eigenvalue weighted by molar-refractivity contribution is 7.19. The molecule has 118 valence electrons. The maximum atomic E-state index is 13.4. The molecule has 2 aromatic heterocycles. The lowest BCUT2D eigenvalue weighted by Gasteiger charge is -2.00. The monoisotopic (exact) mass is 340 g/mol. The van der Waals surface area contributed by atoms with Crippen LogP contribution in [-0.4, -0.2) is 26.6 Å². The molecule has 1 aliphatic heterocycles. The first kappa shape index (κ1) is 13.4. The van der Waals surface area contributed by atoms with Gasteiger partial charge < -0.3 is 9.47 Å². The number of fused-ring (bicyclic) bond motifs is 2. The van der Waals surface area contributed by atoms with Crippen molar-refractivity contribution >= 4 is 16.3 Å². The van der Waals surface area contributed by atoms with Gasteiger partial charge in [-0.3, -0.25) is 0 Å². The van der Waals surface area contributed by atoms with Crippen LogP contribution >= 0.6 is 11.3 Å². The van der Waals surface area contributed by atoms with Crippen LogP contribution in [0.25, 0.3) is 26.9 Å². The maximum Gasteiger partial charge on any atom is 0.235 e. The van der Waals surface area contributed by atoms with Gasteiger partial charge in [-0.05, 0) is 30.3 Å². The second-order valence-corrected chi connectivity index (χ2v) is 6.16. The zero-order valence-electron chi connectivity index (χ0n) is 12.1. The van der Waals surface area contributed by atoms with E-state index in [1.165, 1.54) is 23.5 Å². The van der Waals surface area contributed by atoms with Crippen molar-refractivity contribution in [1.82, 2.24) is 19.8 Å². The van der Waals surface area contributed by atoms with Crippen molar-refractivity contribution in [2.24, 2.45) is 0 Å². The number of nitrogens with zero attached hydrogens (tertiary/aromatic N) is 4. The van der Waals surface area contributed by atoms with Crippen LogP contribution in [0.5, 0.6) is 11.5 Å². The zero-order valence-corrected chi connectivity index (χ0v) is 13.0. The molecule has 0 atom stereocenters. The van der Waals surface area contributed by atoms with Crippen LogP contribution < -0.4 is 9.47 Å². The summed E-state index contributed by atoms with van der Waals surface area (Å²) in [6, 6.07) is 11.9. The van der Waals surface area contributed by atoms with Crippen molar-refractivity contribution in [2.45, 2.75) is 0 Å². The van der Waals surface area contributed by atoms with E-state index in [1.807, 2.05) is 24.3 Å². The third-order valence-corrected chi connectivity index (χ3v) is 4.64. The van der Waals surface area contributed by atoms with Crippen molar-refractivity contribution in [1.29, 1.82) is 0 Å². The quantitative estimate of drug-likeness (QED) is 0.560. The van der Waals surface area contributed by atoms with E-state index in [0.717, 1.165) is 5.56 Å². The molecule has 8 heteroatoms. The summed E-state index contributed by atoms with van der Waals surface area (Å²) in [5.41, 5.74) is 1.53. The van der Waals surface area contributed by atoms with E-state index in [4.69, 9.17) is 9.47 Å². The Kier molecular flexibility index (Phi) is 2.80. The first-order valence-electron chi connectivity index (χ1n) is 7.16. The van der Waals surface area contributed by atoms with Gasteiger partial charge in [0.2, 0.25) is 11.8 Å². The Morgan fingerprint density at radius 3 is 2.83 bits per heavy atom. The molecule has 6 nitrogen and oxygen atoms in total. The topological polar surface area (TPSA) is 61.5 Å². The minimum atomic E-state index is -0.297. The second-order valence-electron chi connectivity index (χ2n) is 5.20. The van der Waals surface area contributed by atoms with Gasteiger partial charge in [0.15, 0.2) is 17.3 Å². The number of halogens is 1. The maximum absolute atomic E-state index is 13.4. The molecule has 0 radical (unpaired) electrons. The second kappa shape index (κ2) is 5.00. The van der Waals surface area contributed by atoms with Crippen LogP contribution in [0.1, 0.15) is 0 Å². The Labute approximate surface area is 139 Å². The molecule has 0 amide bonds. The third-order valence-electron chi connectivity index (χ3n) is 3.69. The minimum Gasteiger partial charge on any atom is -0.454 e. The van der Waals surface area contributed by atoms with Crippen molar-refractivity contribution in [2.75, 3.05) is 6.79 Å². The number of aromatic nitrogens is 4. The summed E-state index contributed by atoms with van der Waals surface area (Å²) in [6.45, 7) is 0.217. The molecule has 0 N–H and O–H groups in total. The molecule has 4 aromatic rings. The fourth-order valence-electron chi connectivity index (χ4n) is 2.57. The highest BCUT2D eigenvalue weighted by Gasteiger charge is 2.18. The minimum absolute atomic E-state index is 0.217. The molecule has 24 heavy (non-hydrogen) atoms. The van der Waals surface area contributed by atoms with Gasteiger partial charge in [-0.15, -0.1) is 10.2 Å². The van der Waals surface area contributed by atoms with E-state index in [-0.39, 0.29) is 12.6 Å². The zero-order chi connectivity index (χ0) is 16.1. The van der Waals surface area contributed by atoms with E-state index < -0.39 is 0 Å². The van der Waals surface area contributed by atoms with Crippen LogP contribution in [0.2, 0.25) is 0 Å². The molecule has 0 spiro atoms. The predicted molar refractivity (Wildman–Crippen MR) is 85.6 cm³/mol. The molecule has 1 aliphatic rings. The van der Waals surface area contributed by atoms with Gasteiger partial charge in [-0.1, -0.05) is 23.5 Å². The van der Waals surface area contributed by atoms with Gasteiger partial charge in [0.1, 0.15) is 10.8 Å². The third kappa shape index (κ3) is 2.04. The number of rotatable bonds is 2. The number of hydrogen-bond donors (Lipinski definition) is 0. The first-order valence-corrected chi connectivity index (χ1v) is 7.98. The Balaban J connectivity index is 1.63. The van der Waals surface area contributed by atoms with Gasteiger partial charge in [-0.25, -0.2) is 4.39 Å². The highest BCUT2D eigenvalue weighted by atomic mass is 32.1. The predicted octanol–water partition coefficient (Wildman–Crippen LogP) is 3.39. The molecule has 0 saturated heterocycles. The van der Waals surface area contributed by atoms with E-state index in [9.17, 15) is 4.39 Å². The van der Waals surface area contributed by atoms with Crippen molar-refractivity contribution in [3.05, 3.63) is 48.3 Å². The molecular weight excluding hydrogens is 331 g/mol. The van der Waals surface area contributed by atoms with E-state index >= 15 is 0 Å². The number of hydrogen-bond acceptors (Lipinski definition) is 6. The summed E-state index contributed by atoms with van der Waals surface area (Å²) < 4.78 is 25.8. The average Bonchev–Trinajstić information content (AvgIpc) is 3.29. The van der Waals surface area contributed by atoms with E-state index in [0.29, 0.717) is 32.9 Å². The average molecular weight is 340 g/mol. The fraction of sp³-hybridized carbons (Fsp3) is 0.0625. The summed E-state index contributed by atoms with van der Waals surface area (Å²) in [4.78, 5) is 0.641. The fourth-order valence-corrected chi connectivity index (χ4v) is 3.41. The number of benzene rings is 2. The van der Waals surface area contributed by atoms with Gasteiger partial charge in [0, 0.05) is 11.1 Å². The molecule has 0 saturated carbocycles. The Morgan fingerprint density at radius 1 is 1.00 bits per heavy atom. The van der Waals surface area contributed by atoms with Gasteiger partial charge in [-0.2, -0.15) is 9.61 Å². The van der Waals surface area contributed by atoms with E-state index in [1.54, 1.807) is 10.6 Å². The van der Waals surface area contributed by atoms with Gasteiger partial charge >= 0.3 is 0 Å². The molecule has 2 aromatic carbocycles. The Morgan fingerprint density at radius 2 is 1.92 bits per heavy atom. The smallest absolute Gasteiger partial charge is 0.235 e. The van der Waals surface area contributed by atoms with E-state index in [2.05, 4.69) is 15.3 Å². The van der Waals surface area contributed by atoms with Gasteiger partial charge in [0.25, 0.3) is 0 Å². The summed E-state index contributed by atoms with van der Waals surface area (Å²) in [6.07, 6.45) is 0. The normalized spacial score (nSPS) is 12.9. The molecule has 0 bridgehead atoms. The van der Waals surface area contributed by atoms with Crippen LogP contribution in [0.4, 0.5) is 4.39 Å². The van der Waals surface area contributed by atoms with Crippen LogP contribution in [0, 0.1) is 5.82 Å². The Hall–Kier alpha value is -3.00. The lowest BCUT2D eigenvalue weighted by Crippen LogP contribution is -1.93. The largest absolute Gasteiger partial charge is 0.454 e. The van der Waals surface area contributed by atoms with Crippen LogP contribution in [0.3, 0.4) is 0 Å². The molecule has 3 heterocycles. The standard InChI is InChI=1S/C16H9FN4O2S/c17-11-3-1-2-10(6-11)15-20-21-14(18-19-16(21)24-15)9-4-5-12-13(7-9)23-8-22-12/h1-7H,8H2. The van der Waals surface area contributed by atoms with Crippen LogP contribution in [-0.2, 0) is 0 Å². The highest BCUT2D eigenvalue weighted by Crippen LogP contribution is 2.36. The number of ether oxygens (including phenoxy) is 2. The van der Waals surface area contributed by atoms with Gasteiger partial charge in [0.05, 0.1) is 0 Å². The lowest BCUT2D eigenvalue weighted by molar-refractivity contribution is 0.174. The summed E-state index contributed by atoms with van der Waals surface area (Å²) in [5.74, 6) is 1.68. The first-order chi connectivity index (χ1) is 11.8. The van der Waals surface area contributed by atoms with Crippen molar-refractivity contribution in [3.63, 3.8) is 0 Å². The Bertz CT molecular complexity index is 1080. The molecular formula is C16H9FN4O2S. The molecule has 5 rings (SSSR count). The summed E-state index contributed by atoms with van der Waals surface area (Å²) in [7, 11) is 0. The SMILES string of the molecule is Fc1cccc(-c2nn3c(-c4ccc5c(c4)OCO5)nnc3s2)c1. The van der Waals surface area contributed by atoms with Crippen molar-refractivity contribution in [3.8, 4) is 33.5 Å². The summed E-state index contributed by atoms with van der Waals surface area (Å²) >= 11 is 1.36. The molecule has 0 fully saturated rings. The molecule has 0 aliphatic carbocycles. The molecule has 0 unspecified atom stereocenters. The van der Waals surface area contributed by atoms with Crippen LogP contribution in [0.15, 0.2) is 42.5 Å². The lowest BCUT2D eigenvalue weighted by atomic mass is 10.2.